The van der Waals surface area contributed by atoms with E-state index in [1.54, 1.807) is 6.92 Å². The number of carboxylic acids is 1. The number of aromatic carboxylic acids is 1. The topological polar surface area (TPSA) is 141 Å². The lowest BCUT2D eigenvalue weighted by Crippen LogP contribution is -2.52. The number of hydrogen-bond acceptors (Lipinski definition) is 5. The molecule has 4 rings (SSSR count). The van der Waals surface area contributed by atoms with Crippen molar-refractivity contribution >= 4 is 28.8 Å². The Balaban J connectivity index is 1.54. The molecule has 1 aliphatic rings. The standard InChI is InChI=1S/C29H39N5O5/c1-18(2)16-24(32-29(38)34-14-8-4-5-9-15-34)27(35)31-23(21-17-30-22-11-7-6-10-20(21)22)12-13-25-33-26(28(36)37)19(3)39-25/h6-7,10-11,17-18,23-24,30H,4-5,8-9,12-16H2,1-3H3,(H,31,35)(H,32,38)(H,36,37)/t23?,24-/m0/s1. The third-order valence-electron chi connectivity index (χ3n) is 7.22. The Bertz CT molecular complexity index is 1290. The highest BCUT2D eigenvalue weighted by molar-refractivity contribution is 5.89. The lowest BCUT2D eigenvalue weighted by molar-refractivity contribution is -0.124. The largest absolute Gasteiger partial charge is 0.476 e. The van der Waals surface area contributed by atoms with Crippen molar-refractivity contribution in [3.05, 3.63) is 53.4 Å². The minimum absolute atomic E-state index is 0.106. The summed E-state index contributed by atoms with van der Waals surface area (Å²) < 4.78 is 5.59. The predicted molar refractivity (Wildman–Crippen MR) is 148 cm³/mol. The van der Waals surface area contributed by atoms with Gasteiger partial charge in [0.05, 0.1) is 6.04 Å². The molecular weight excluding hydrogens is 498 g/mol. The van der Waals surface area contributed by atoms with Crippen LogP contribution in [0.5, 0.6) is 0 Å². The van der Waals surface area contributed by atoms with Crippen molar-refractivity contribution < 1.29 is 23.9 Å². The zero-order valence-electron chi connectivity index (χ0n) is 23.0. The number of aromatic nitrogens is 2. The van der Waals surface area contributed by atoms with Gasteiger partial charge in [0, 0.05) is 36.6 Å². The molecular formula is C29H39N5O5. The van der Waals surface area contributed by atoms with E-state index in [0.717, 1.165) is 42.1 Å². The fourth-order valence-electron chi connectivity index (χ4n) is 5.20. The molecule has 0 radical (unpaired) electrons. The number of carbonyl (C=O) groups is 3. The molecule has 3 amide bonds. The molecule has 3 aromatic rings. The van der Waals surface area contributed by atoms with Crippen LogP contribution in [-0.4, -0.2) is 57.0 Å². The van der Waals surface area contributed by atoms with E-state index in [1.165, 1.54) is 0 Å². The number of nitrogens with zero attached hydrogens (tertiary/aromatic N) is 2. The highest BCUT2D eigenvalue weighted by Gasteiger charge is 2.28. The summed E-state index contributed by atoms with van der Waals surface area (Å²) in [4.78, 5) is 47.4. The summed E-state index contributed by atoms with van der Waals surface area (Å²) in [7, 11) is 0. The first-order chi connectivity index (χ1) is 18.7. The van der Waals surface area contributed by atoms with Crippen LogP contribution in [0.1, 0.15) is 86.1 Å². The van der Waals surface area contributed by atoms with Gasteiger partial charge in [0.1, 0.15) is 11.8 Å². The summed E-state index contributed by atoms with van der Waals surface area (Å²) in [5.41, 5.74) is 1.74. The molecule has 1 aromatic carbocycles. The summed E-state index contributed by atoms with van der Waals surface area (Å²) in [5, 5.41) is 16.5. The molecule has 10 heteroatoms. The van der Waals surface area contributed by atoms with Crippen molar-refractivity contribution in [1.29, 1.82) is 0 Å². The molecule has 0 aliphatic carbocycles. The van der Waals surface area contributed by atoms with Gasteiger partial charge in [0.2, 0.25) is 5.91 Å². The van der Waals surface area contributed by atoms with Crippen LogP contribution in [0.25, 0.3) is 10.9 Å². The van der Waals surface area contributed by atoms with Gasteiger partial charge in [-0.1, -0.05) is 44.9 Å². The second kappa shape index (κ2) is 12.8. The molecule has 2 atom stereocenters. The van der Waals surface area contributed by atoms with Gasteiger partial charge in [-0.05, 0) is 50.2 Å². The third-order valence-corrected chi connectivity index (χ3v) is 7.22. The lowest BCUT2D eigenvalue weighted by atomic mass is 9.98. The normalized spacial score (nSPS) is 15.6. The zero-order chi connectivity index (χ0) is 27.9. The molecule has 1 fully saturated rings. The average Bonchev–Trinajstić information content (AvgIpc) is 3.38. The van der Waals surface area contributed by atoms with Crippen LogP contribution >= 0.6 is 0 Å². The second-order valence-electron chi connectivity index (χ2n) is 10.7. The lowest BCUT2D eigenvalue weighted by Gasteiger charge is -2.27. The van der Waals surface area contributed by atoms with Gasteiger partial charge in [0.15, 0.2) is 11.6 Å². The Morgan fingerprint density at radius 2 is 1.82 bits per heavy atom. The maximum atomic E-state index is 13.7. The highest BCUT2D eigenvalue weighted by atomic mass is 16.4. The fraction of sp³-hybridized carbons (Fsp3) is 0.517. The first kappa shape index (κ1) is 28.2. The zero-order valence-corrected chi connectivity index (χ0v) is 23.0. The van der Waals surface area contributed by atoms with Crippen LogP contribution in [0.15, 0.2) is 34.9 Å². The van der Waals surface area contributed by atoms with Crippen molar-refractivity contribution in [2.45, 2.75) is 77.8 Å². The van der Waals surface area contributed by atoms with Crippen LogP contribution in [0, 0.1) is 12.8 Å². The van der Waals surface area contributed by atoms with Crippen molar-refractivity contribution in [3.63, 3.8) is 0 Å². The fourth-order valence-corrected chi connectivity index (χ4v) is 5.20. The van der Waals surface area contributed by atoms with E-state index >= 15 is 0 Å². The second-order valence-corrected chi connectivity index (χ2v) is 10.7. The van der Waals surface area contributed by atoms with E-state index in [2.05, 4.69) is 20.6 Å². The Morgan fingerprint density at radius 3 is 2.49 bits per heavy atom. The molecule has 10 nitrogen and oxygen atoms in total. The maximum absolute atomic E-state index is 13.7. The number of hydrogen-bond donors (Lipinski definition) is 4. The van der Waals surface area contributed by atoms with E-state index in [9.17, 15) is 19.5 Å². The first-order valence-corrected chi connectivity index (χ1v) is 13.8. The maximum Gasteiger partial charge on any atom is 0.358 e. The number of nitrogens with one attached hydrogen (secondary N) is 3. The molecule has 4 N–H and O–H groups in total. The summed E-state index contributed by atoms with van der Waals surface area (Å²) >= 11 is 0. The highest BCUT2D eigenvalue weighted by Crippen LogP contribution is 2.28. The van der Waals surface area contributed by atoms with Crippen molar-refractivity contribution in [2.75, 3.05) is 13.1 Å². The number of fused-ring (bicyclic) bond motifs is 1. The molecule has 39 heavy (non-hydrogen) atoms. The average molecular weight is 538 g/mol. The minimum atomic E-state index is -1.14. The van der Waals surface area contributed by atoms with Crippen LogP contribution < -0.4 is 10.6 Å². The number of aryl methyl sites for hydroxylation is 2. The molecule has 0 bridgehead atoms. The number of aromatic amines is 1. The van der Waals surface area contributed by atoms with Crippen molar-refractivity contribution in [3.8, 4) is 0 Å². The number of likely N-dealkylation sites (tertiary alicyclic amines) is 1. The van der Waals surface area contributed by atoms with E-state index in [-0.39, 0.29) is 29.3 Å². The van der Waals surface area contributed by atoms with Gasteiger partial charge < -0.3 is 30.0 Å². The van der Waals surface area contributed by atoms with Crippen molar-refractivity contribution in [2.24, 2.45) is 5.92 Å². The Hall–Kier alpha value is -3.82. The Kier molecular flexibility index (Phi) is 9.27. The monoisotopic (exact) mass is 537 g/mol. The number of carboxylic acid groups (broad SMARTS) is 1. The summed E-state index contributed by atoms with van der Waals surface area (Å²) in [6.45, 7) is 7.03. The molecule has 0 saturated carbocycles. The number of amides is 3. The number of H-pyrrole nitrogens is 1. The first-order valence-electron chi connectivity index (χ1n) is 13.8. The van der Waals surface area contributed by atoms with Gasteiger partial charge in [-0.15, -0.1) is 0 Å². The van der Waals surface area contributed by atoms with Crippen LogP contribution in [0.4, 0.5) is 4.79 Å². The van der Waals surface area contributed by atoms with E-state index in [1.807, 2.05) is 49.2 Å². The van der Waals surface area contributed by atoms with Gasteiger partial charge in [-0.25, -0.2) is 14.6 Å². The number of urea groups is 1. The SMILES string of the molecule is Cc1oc(CCC(NC(=O)[C@H](CC(C)C)NC(=O)N2CCCCCC2)c2c[nH]c3ccccc23)nc1C(=O)O. The van der Waals surface area contributed by atoms with E-state index < -0.39 is 18.1 Å². The smallest absolute Gasteiger partial charge is 0.358 e. The molecule has 210 valence electrons. The quantitative estimate of drug-likeness (QED) is 0.288. The van der Waals surface area contributed by atoms with Gasteiger partial charge in [-0.2, -0.15) is 0 Å². The van der Waals surface area contributed by atoms with E-state index in [0.29, 0.717) is 38.2 Å². The molecule has 1 unspecified atom stereocenters. The van der Waals surface area contributed by atoms with Crippen molar-refractivity contribution in [1.82, 2.24) is 25.5 Å². The molecule has 1 saturated heterocycles. The van der Waals surface area contributed by atoms with Crippen LogP contribution in [0.2, 0.25) is 0 Å². The number of benzene rings is 1. The summed E-state index contributed by atoms with van der Waals surface area (Å²) in [6, 6.07) is 6.55. The molecule has 1 aliphatic heterocycles. The third kappa shape index (κ3) is 7.19. The van der Waals surface area contributed by atoms with Gasteiger partial charge in [0.25, 0.3) is 0 Å². The molecule has 0 spiro atoms. The number of para-hydroxylation sites is 1. The minimum Gasteiger partial charge on any atom is -0.476 e. The van der Waals surface area contributed by atoms with Gasteiger partial charge >= 0.3 is 12.0 Å². The number of rotatable bonds is 10. The Labute approximate surface area is 228 Å². The molecule has 2 aromatic heterocycles. The summed E-state index contributed by atoms with van der Waals surface area (Å²) in [5.74, 6) is -0.644. The predicted octanol–water partition coefficient (Wildman–Crippen LogP) is 4.95. The Morgan fingerprint density at radius 1 is 1.10 bits per heavy atom. The number of oxazole rings is 1. The van der Waals surface area contributed by atoms with Crippen LogP contribution in [0.3, 0.4) is 0 Å². The molecule has 3 heterocycles. The van der Waals surface area contributed by atoms with Gasteiger partial charge in [-0.3, -0.25) is 4.79 Å². The number of carbonyl (C=O) groups excluding carboxylic acids is 2. The summed E-state index contributed by atoms with van der Waals surface area (Å²) in [6.07, 6.45) is 7.32. The van der Waals surface area contributed by atoms with E-state index in [4.69, 9.17) is 4.42 Å². The van der Waals surface area contributed by atoms with Crippen LogP contribution in [-0.2, 0) is 11.2 Å².